The number of hydrogen-bond donors (Lipinski definition) is 0. The van der Waals surface area contributed by atoms with E-state index in [1.165, 1.54) is 6.07 Å². The summed E-state index contributed by atoms with van der Waals surface area (Å²) in [6, 6.07) is 12.3. The fourth-order valence-corrected chi connectivity index (χ4v) is 2.12. The van der Waals surface area contributed by atoms with Crippen molar-refractivity contribution < 1.29 is 9.13 Å². The van der Waals surface area contributed by atoms with Crippen LogP contribution in [-0.4, -0.2) is 7.11 Å². The topological polar surface area (TPSA) is 9.23 Å². The standard InChI is InChI=1S/C13H10BrFO/c1-16-10-5-2-4-9(8-10)13-11(14)6-3-7-12(13)15/h2-8H,1H3. The summed E-state index contributed by atoms with van der Waals surface area (Å²) in [5.74, 6) is 0.468. The molecule has 2 aromatic rings. The van der Waals surface area contributed by atoms with Crippen LogP contribution in [0.15, 0.2) is 46.9 Å². The minimum Gasteiger partial charge on any atom is -0.497 e. The van der Waals surface area contributed by atoms with Crippen LogP contribution >= 0.6 is 15.9 Å². The molecule has 0 radical (unpaired) electrons. The molecule has 0 aromatic heterocycles. The minimum absolute atomic E-state index is 0.248. The van der Waals surface area contributed by atoms with Gasteiger partial charge >= 0.3 is 0 Å². The summed E-state index contributed by atoms with van der Waals surface area (Å²) in [5.41, 5.74) is 1.35. The normalized spacial score (nSPS) is 10.2. The molecule has 1 nitrogen and oxygen atoms in total. The van der Waals surface area contributed by atoms with Crippen LogP contribution in [0.5, 0.6) is 5.75 Å². The Morgan fingerprint density at radius 1 is 1.12 bits per heavy atom. The average Bonchev–Trinajstić information content (AvgIpc) is 2.29. The monoisotopic (exact) mass is 280 g/mol. The second-order valence-electron chi connectivity index (χ2n) is 3.33. The van der Waals surface area contributed by atoms with Gasteiger partial charge in [-0.3, -0.25) is 0 Å². The van der Waals surface area contributed by atoms with Crippen molar-refractivity contribution in [3.05, 3.63) is 52.8 Å². The van der Waals surface area contributed by atoms with E-state index in [9.17, 15) is 4.39 Å². The number of methoxy groups -OCH3 is 1. The van der Waals surface area contributed by atoms with Gasteiger partial charge in [0.25, 0.3) is 0 Å². The van der Waals surface area contributed by atoms with Gasteiger partial charge in [0.2, 0.25) is 0 Å². The van der Waals surface area contributed by atoms with Gasteiger partial charge in [0.15, 0.2) is 0 Å². The fraction of sp³-hybridized carbons (Fsp3) is 0.0769. The molecule has 0 amide bonds. The van der Waals surface area contributed by atoms with E-state index in [-0.39, 0.29) is 5.82 Å². The van der Waals surface area contributed by atoms with Gasteiger partial charge in [-0.15, -0.1) is 0 Å². The maximum Gasteiger partial charge on any atom is 0.132 e. The van der Waals surface area contributed by atoms with E-state index in [4.69, 9.17) is 4.74 Å². The lowest BCUT2D eigenvalue weighted by Gasteiger charge is -2.07. The Bertz CT molecular complexity index is 491. The van der Waals surface area contributed by atoms with Crippen molar-refractivity contribution in [1.29, 1.82) is 0 Å². The van der Waals surface area contributed by atoms with Gasteiger partial charge in [-0.2, -0.15) is 0 Å². The number of ether oxygens (including phenoxy) is 1. The maximum absolute atomic E-state index is 13.7. The van der Waals surface area contributed by atoms with E-state index in [1.54, 1.807) is 13.2 Å². The molecule has 0 spiro atoms. The Morgan fingerprint density at radius 2 is 1.88 bits per heavy atom. The number of benzene rings is 2. The third-order valence-corrected chi connectivity index (χ3v) is 2.98. The number of rotatable bonds is 2. The lowest BCUT2D eigenvalue weighted by molar-refractivity contribution is 0.415. The highest BCUT2D eigenvalue weighted by atomic mass is 79.9. The Labute approximate surface area is 102 Å². The summed E-state index contributed by atoms with van der Waals surface area (Å²) in [4.78, 5) is 0. The van der Waals surface area contributed by atoms with Crippen molar-refractivity contribution in [1.82, 2.24) is 0 Å². The van der Waals surface area contributed by atoms with Gasteiger partial charge in [-0.25, -0.2) is 4.39 Å². The second-order valence-corrected chi connectivity index (χ2v) is 4.18. The van der Waals surface area contributed by atoms with Crippen LogP contribution in [0.1, 0.15) is 0 Å². The van der Waals surface area contributed by atoms with Crippen molar-refractivity contribution in [2.75, 3.05) is 7.11 Å². The second kappa shape index (κ2) is 4.66. The average molecular weight is 281 g/mol. The molecule has 0 bridgehead atoms. The zero-order valence-corrected chi connectivity index (χ0v) is 10.3. The van der Waals surface area contributed by atoms with Crippen molar-refractivity contribution in [2.45, 2.75) is 0 Å². The number of halogens is 2. The Balaban J connectivity index is 2.58. The molecule has 0 N–H and O–H groups in total. The molecule has 0 aliphatic carbocycles. The molecule has 2 rings (SSSR count). The first-order chi connectivity index (χ1) is 7.72. The van der Waals surface area contributed by atoms with Crippen LogP contribution < -0.4 is 4.74 Å². The lowest BCUT2D eigenvalue weighted by atomic mass is 10.1. The van der Waals surface area contributed by atoms with Crippen LogP contribution in [0, 0.1) is 5.82 Å². The lowest BCUT2D eigenvalue weighted by Crippen LogP contribution is -1.88. The van der Waals surface area contributed by atoms with E-state index < -0.39 is 0 Å². The summed E-state index contributed by atoms with van der Waals surface area (Å²) in [5, 5.41) is 0. The molecule has 0 saturated carbocycles. The minimum atomic E-state index is -0.248. The van der Waals surface area contributed by atoms with Crippen LogP contribution in [-0.2, 0) is 0 Å². The molecule has 0 aliphatic rings. The maximum atomic E-state index is 13.7. The summed E-state index contributed by atoms with van der Waals surface area (Å²) in [6.07, 6.45) is 0. The highest BCUT2D eigenvalue weighted by Crippen LogP contribution is 2.32. The first-order valence-corrected chi connectivity index (χ1v) is 5.60. The van der Waals surface area contributed by atoms with Crippen molar-refractivity contribution in [3.63, 3.8) is 0 Å². The highest BCUT2D eigenvalue weighted by molar-refractivity contribution is 9.10. The molecule has 0 fully saturated rings. The van der Waals surface area contributed by atoms with Crippen molar-refractivity contribution >= 4 is 15.9 Å². The van der Waals surface area contributed by atoms with E-state index in [0.29, 0.717) is 11.3 Å². The Morgan fingerprint density at radius 3 is 2.56 bits per heavy atom. The molecule has 0 aliphatic heterocycles. The summed E-state index contributed by atoms with van der Waals surface area (Å²) in [7, 11) is 1.59. The SMILES string of the molecule is COc1cccc(-c2c(F)cccc2Br)c1. The highest BCUT2D eigenvalue weighted by Gasteiger charge is 2.09. The van der Waals surface area contributed by atoms with Gasteiger partial charge in [0, 0.05) is 10.0 Å². The van der Waals surface area contributed by atoms with E-state index in [0.717, 1.165) is 10.0 Å². The van der Waals surface area contributed by atoms with Crippen molar-refractivity contribution in [2.24, 2.45) is 0 Å². The molecule has 0 saturated heterocycles. The first-order valence-electron chi connectivity index (χ1n) is 4.81. The number of hydrogen-bond acceptors (Lipinski definition) is 1. The Hall–Kier alpha value is -1.35. The molecular weight excluding hydrogens is 271 g/mol. The third-order valence-electron chi connectivity index (χ3n) is 2.32. The predicted molar refractivity (Wildman–Crippen MR) is 66.1 cm³/mol. The van der Waals surface area contributed by atoms with Gasteiger partial charge in [-0.1, -0.05) is 34.1 Å². The zero-order chi connectivity index (χ0) is 11.5. The van der Waals surface area contributed by atoms with Gasteiger partial charge in [-0.05, 0) is 29.8 Å². The molecule has 82 valence electrons. The van der Waals surface area contributed by atoms with E-state index in [2.05, 4.69) is 15.9 Å². The fourth-order valence-electron chi connectivity index (χ4n) is 1.55. The summed E-state index contributed by atoms with van der Waals surface area (Å²) in [6.45, 7) is 0. The molecule has 0 unspecified atom stereocenters. The zero-order valence-electron chi connectivity index (χ0n) is 8.71. The van der Waals surface area contributed by atoms with E-state index in [1.807, 2.05) is 30.3 Å². The third kappa shape index (κ3) is 2.09. The van der Waals surface area contributed by atoms with Gasteiger partial charge in [0.05, 0.1) is 7.11 Å². The van der Waals surface area contributed by atoms with Crippen LogP contribution in [0.2, 0.25) is 0 Å². The van der Waals surface area contributed by atoms with Crippen LogP contribution in [0.3, 0.4) is 0 Å². The largest absolute Gasteiger partial charge is 0.497 e. The van der Waals surface area contributed by atoms with Gasteiger partial charge in [0.1, 0.15) is 11.6 Å². The molecule has 2 aromatic carbocycles. The molecule has 0 heterocycles. The first kappa shape index (κ1) is 11.1. The molecule has 0 atom stereocenters. The molecular formula is C13H10BrFO. The molecule has 16 heavy (non-hydrogen) atoms. The predicted octanol–water partition coefficient (Wildman–Crippen LogP) is 4.26. The van der Waals surface area contributed by atoms with Crippen LogP contribution in [0.25, 0.3) is 11.1 Å². The van der Waals surface area contributed by atoms with Crippen molar-refractivity contribution in [3.8, 4) is 16.9 Å². The van der Waals surface area contributed by atoms with E-state index >= 15 is 0 Å². The summed E-state index contributed by atoms with van der Waals surface area (Å²) >= 11 is 3.35. The quantitative estimate of drug-likeness (QED) is 0.799. The Kier molecular flexibility index (Phi) is 3.25. The smallest absolute Gasteiger partial charge is 0.132 e. The molecule has 3 heteroatoms. The summed E-state index contributed by atoms with van der Waals surface area (Å²) < 4.78 is 19.6. The van der Waals surface area contributed by atoms with Crippen LogP contribution in [0.4, 0.5) is 4.39 Å². The van der Waals surface area contributed by atoms with Gasteiger partial charge < -0.3 is 4.74 Å².